The molecule has 1 aromatic carbocycles. The minimum atomic E-state index is -0.0404. The van der Waals surface area contributed by atoms with Gasteiger partial charge in [-0.2, -0.15) is 0 Å². The number of carbonyl (C=O) groups excluding carboxylic acids is 1. The van der Waals surface area contributed by atoms with Crippen LogP contribution in [0.3, 0.4) is 0 Å². The van der Waals surface area contributed by atoms with Crippen LogP contribution in [0.15, 0.2) is 52.8 Å². The minimum absolute atomic E-state index is 0.00370. The summed E-state index contributed by atoms with van der Waals surface area (Å²) >= 11 is 1.75. The smallest absolute Gasteiger partial charge is 0.239 e. The molecule has 5 nitrogen and oxygen atoms in total. The first-order valence-corrected chi connectivity index (χ1v) is 9.68. The molecule has 1 aromatic heterocycles. The van der Waals surface area contributed by atoms with Crippen molar-refractivity contribution < 1.29 is 4.79 Å². The van der Waals surface area contributed by atoms with E-state index in [-0.39, 0.29) is 17.9 Å². The maximum Gasteiger partial charge on any atom is 0.239 e. The van der Waals surface area contributed by atoms with Gasteiger partial charge in [-0.15, -0.1) is 11.3 Å². The van der Waals surface area contributed by atoms with E-state index < -0.39 is 0 Å². The molecule has 1 heterocycles. The number of amides is 1. The molecule has 140 valence electrons. The minimum Gasteiger partial charge on any atom is -0.356 e. The SMILES string of the molecule is CN=C(NCC(=O)NCCc1ccccc1)NCC(C)(C)c1cccs1. The monoisotopic (exact) mass is 372 g/mol. The Morgan fingerprint density at radius 1 is 1.08 bits per heavy atom. The fourth-order valence-corrected chi connectivity index (χ4v) is 3.35. The molecule has 0 aliphatic rings. The zero-order valence-electron chi connectivity index (χ0n) is 15.7. The third-order valence-corrected chi connectivity index (χ3v) is 5.34. The molecule has 0 saturated carbocycles. The lowest BCUT2D eigenvalue weighted by atomic mass is 9.91. The van der Waals surface area contributed by atoms with E-state index in [1.165, 1.54) is 10.4 Å². The van der Waals surface area contributed by atoms with E-state index >= 15 is 0 Å². The molecule has 0 atom stereocenters. The van der Waals surface area contributed by atoms with Crippen molar-refractivity contribution in [2.75, 3.05) is 26.7 Å². The van der Waals surface area contributed by atoms with Crippen molar-refractivity contribution >= 4 is 23.2 Å². The standard InChI is InChI=1S/C20H28N4OS/c1-20(2,17-10-7-13-26-17)15-24-19(21-3)23-14-18(25)22-12-11-16-8-5-4-6-9-16/h4-10,13H,11-12,14-15H2,1-3H3,(H,22,25)(H2,21,23,24). The van der Waals surface area contributed by atoms with Crippen LogP contribution in [0, 0.1) is 0 Å². The fraction of sp³-hybridized carbons (Fsp3) is 0.400. The summed E-state index contributed by atoms with van der Waals surface area (Å²) in [5, 5.41) is 11.4. The predicted octanol–water partition coefficient (Wildman–Crippen LogP) is 2.55. The summed E-state index contributed by atoms with van der Waals surface area (Å²) < 4.78 is 0. The van der Waals surface area contributed by atoms with Crippen LogP contribution >= 0.6 is 11.3 Å². The molecule has 2 aromatic rings. The highest BCUT2D eigenvalue weighted by molar-refractivity contribution is 7.10. The maximum absolute atomic E-state index is 12.0. The van der Waals surface area contributed by atoms with Crippen molar-refractivity contribution in [3.05, 3.63) is 58.3 Å². The molecule has 2 rings (SSSR count). The van der Waals surface area contributed by atoms with Crippen LogP contribution in [-0.4, -0.2) is 38.5 Å². The highest BCUT2D eigenvalue weighted by Crippen LogP contribution is 2.26. The lowest BCUT2D eigenvalue weighted by Crippen LogP contribution is -2.46. The van der Waals surface area contributed by atoms with Gasteiger partial charge >= 0.3 is 0 Å². The summed E-state index contributed by atoms with van der Waals surface area (Å²) in [5.41, 5.74) is 1.22. The van der Waals surface area contributed by atoms with Gasteiger partial charge < -0.3 is 16.0 Å². The number of aliphatic imine (C=N–C) groups is 1. The number of nitrogens with zero attached hydrogens (tertiary/aromatic N) is 1. The number of benzene rings is 1. The average Bonchev–Trinajstić information content (AvgIpc) is 3.18. The number of rotatable bonds is 8. The Bertz CT molecular complexity index is 696. The molecule has 0 fully saturated rings. The molecular formula is C20H28N4OS. The van der Waals surface area contributed by atoms with Crippen LogP contribution < -0.4 is 16.0 Å². The van der Waals surface area contributed by atoms with E-state index in [0.29, 0.717) is 12.5 Å². The Labute approximate surface area is 159 Å². The van der Waals surface area contributed by atoms with E-state index in [1.54, 1.807) is 18.4 Å². The second kappa shape index (κ2) is 9.97. The zero-order valence-corrected chi connectivity index (χ0v) is 16.5. The lowest BCUT2D eigenvalue weighted by molar-refractivity contribution is -0.119. The van der Waals surface area contributed by atoms with E-state index in [1.807, 2.05) is 18.2 Å². The van der Waals surface area contributed by atoms with Gasteiger partial charge in [0, 0.05) is 30.4 Å². The normalized spacial score (nSPS) is 11.9. The number of nitrogens with one attached hydrogen (secondary N) is 3. The second-order valence-electron chi connectivity index (χ2n) is 6.73. The highest BCUT2D eigenvalue weighted by Gasteiger charge is 2.21. The molecule has 0 aliphatic heterocycles. The molecule has 0 unspecified atom stereocenters. The number of hydrogen-bond acceptors (Lipinski definition) is 3. The van der Waals surface area contributed by atoms with Crippen molar-refractivity contribution in [1.29, 1.82) is 0 Å². The van der Waals surface area contributed by atoms with Crippen molar-refractivity contribution in [3.63, 3.8) is 0 Å². The Hall–Kier alpha value is -2.34. The first kappa shape index (κ1) is 20.0. The van der Waals surface area contributed by atoms with Crippen LogP contribution in [0.5, 0.6) is 0 Å². The van der Waals surface area contributed by atoms with Gasteiger partial charge in [0.15, 0.2) is 5.96 Å². The molecule has 0 aliphatic carbocycles. The van der Waals surface area contributed by atoms with Gasteiger partial charge in [-0.3, -0.25) is 9.79 Å². The molecule has 6 heteroatoms. The van der Waals surface area contributed by atoms with Crippen molar-refractivity contribution in [2.45, 2.75) is 25.7 Å². The molecule has 3 N–H and O–H groups in total. The van der Waals surface area contributed by atoms with Gasteiger partial charge in [0.05, 0.1) is 6.54 Å². The summed E-state index contributed by atoms with van der Waals surface area (Å²) in [5.74, 6) is 0.592. The van der Waals surface area contributed by atoms with Gasteiger partial charge in [0.2, 0.25) is 5.91 Å². The molecule has 0 bridgehead atoms. The third-order valence-electron chi connectivity index (χ3n) is 4.10. The Kier molecular flexibility index (Phi) is 7.66. The quantitative estimate of drug-likeness (QED) is 0.493. The average molecular weight is 373 g/mol. The molecule has 26 heavy (non-hydrogen) atoms. The van der Waals surface area contributed by atoms with Crippen molar-refractivity contribution in [2.24, 2.45) is 4.99 Å². The summed E-state index contributed by atoms with van der Waals surface area (Å²) in [6.07, 6.45) is 0.828. The van der Waals surface area contributed by atoms with Gasteiger partial charge in [0.1, 0.15) is 0 Å². The molecule has 1 amide bonds. The molecular weight excluding hydrogens is 344 g/mol. The van der Waals surface area contributed by atoms with Gasteiger partial charge in [0.25, 0.3) is 0 Å². The first-order chi connectivity index (χ1) is 12.5. The Morgan fingerprint density at radius 3 is 2.50 bits per heavy atom. The van der Waals surface area contributed by atoms with E-state index in [0.717, 1.165) is 13.0 Å². The number of thiophene rings is 1. The van der Waals surface area contributed by atoms with Gasteiger partial charge in [-0.1, -0.05) is 50.2 Å². The van der Waals surface area contributed by atoms with Crippen LogP contribution in [-0.2, 0) is 16.6 Å². The van der Waals surface area contributed by atoms with Crippen molar-refractivity contribution in [3.8, 4) is 0 Å². The molecule has 0 saturated heterocycles. The predicted molar refractivity (Wildman–Crippen MR) is 110 cm³/mol. The van der Waals surface area contributed by atoms with Crippen LogP contribution in [0.25, 0.3) is 0 Å². The topological polar surface area (TPSA) is 65.5 Å². The Morgan fingerprint density at radius 2 is 1.85 bits per heavy atom. The van der Waals surface area contributed by atoms with Gasteiger partial charge in [-0.25, -0.2) is 0 Å². The summed E-state index contributed by atoms with van der Waals surface area (Å²) in [6, 6.07) is 14.3. The maximum atomic E-state index is 12.0. The number of guanidine groups is 1. The largest absolute Gasteiger partial charge is 0.356 e. The number of carbonyl (C=O) groups is 1. The third kappa shape index (κ3) is 6.52. The van der Waals surface area contributed by atoms with E-state index in [2.05, 4.69) is 64.4 Å². The lowest BCUT2D eigenvalue weighted by Gasteiger charge is -2.25. The zero-order chi connectivity index (χ0) is 18.8. The van der Waals surface area contributed by atoms with Crippen molar-refractivity contribution in [1.82, 2.24) is 16.0 Å². The molecule has 0 spiro atoms. The second-order valence-corrected chi connectivity index (χ2v) is 7.67. The summed E-state index contributed by atoms with van der Waals surface area (Å²) in [4.78, 5) is 17.5. The van der Waals surface area contributed by atoms with Crippen LogP contribution in [0.4, 0.5) is 0 Å². The summed E-state index contributed by atoms with van der Waals surface area (Å²) in [7, 11) is 1.71. The number of hydrogen-bond donors (Lipinski definition) is 3. The Balaban J connectivity index is 1.68. The van der Waals surface area contributed by atoms with Crippen LogP contribution in [0.1, 0.15) is 24.3 Å². The van der Waals surface area contributed by atoms with Crippen LogP contribution in [0.2, 0.25) is 0 Å². The van der Waals surface area contributed by atoms with E-state index in [9.17, 15) is 4.79 Å². The first-order valence-electron chi connectivity index (χ1n) is 8.80. The van der Waals surface area contributed by atoms with Gasteiger partial charge in [-0.05, 0) is 23.4 Å². The highest BCUT2D eigenvalue weighted by atomic mass is 32.1. The summed E-state index contributed by atoms with van der Waals surface area (Å²) in [6.45, 7) is 5.95. The molecule has 0 radical (unpaired) electrons. The van der Waals surface area contributed by atoms with E-state index in [4.69, 9.17) is 0 Å². The fourth-order valence-electron chi connectivity index (χ4n) is 2.49.